The van der Waals surface area contributed by atoms with Gasteiger partial charge in [0.2, 0.25) is 5.91 Å². The summed E-state index contributed by atoms with van der Waals surface area (Å²) in [4.78, 5) is 41.2. The minimum atomic E-state index is -0.467. The molecule has 0 spiro atoms. The lowest BCUT2D eigenvalue weighted by Gasteiger charge is -2.27. The molecule has 37 heavy (non-hydrogen) atoms. The number of rotatable bonds is 8. The first-order valence-electron chi connectivity index (χ1n) is 11.8. The van der Waals surface area contributed by atoms with Crippen molar-refractivity contribution in [2.24, 2.45) is 0 Å². The molecule has 4 rings (SSSR count). The third kappa shape index (κ3) is 6.93. The summed E-state index contributed by atoms with van der Waals surface area (Å²) < 4.78 is 12.6. The molecule has 0 atom stereocenters. The molecule has 2 aromatic carbocycles. The number of hydrogen-bond donors (Lipinski definition) is 0. The summed E-state index contributed by atoms with van der Waals surface area (Å²) in [6.07, 6.45) is 4.62. The number of amides is 3. The van der Waals surface area contributed by atoms with Crippen LogP contribution in [0.25, 0.3) is 6.08 Å². The number of thioether (sulfide) groups is 1. The van der Waals surface area contributed by atoms with Gasteiger partial charge in [0.15, 0.2) is 11.5 Å². The lowest BCUT2D eigenvalue weighted by Crippen LogP contribution is -2.44. The van der Waals surface area contributed by atoms with Crippen LogP contribution in [0.4, 0.5) is 4.79 Å². The van der Waals surface area contributed by atoms with Crippen LogP contribution in [0.15, 0.2) is 35.2 Å². The zero-order valence-electron chi connectivity index (χ0n) is 20.1. The minimum Gasteiger partial charge on any atom is -0.490 e. The minimum absolute atomic E-state index is 0.196. The van der Waals surface area contributed by atoms with E-state index in [1.807, 2.05) is 13.0 Å². The Morgan fingerprint density at radius 1 is 1.11 bits per heavy atom. The predicted molar refractivity (Wildman–Crippen MR) is 154 cm³/mol. The fraction of sp³-hybridized carbons (Fsp3) is 0.346. The second-order valence-electron chi connectivity index (χ2n) is 8.50. The molecule has 2 aliphatic rings. The monoisotopic (exact) mass is 674 g/mol. The van der Waals surface area contributed by atoms with Gasteiger partial charge in [0.25, 0.3) is 11.1 Å². The second kappa shape index (κ2) is 12.7. The van der Waals surface area contributed by atoms with Gasteiger partial charge < -0.3 is 14.4 Å². The van der Waals surface area contributed by atoms with Crippen LogP contribution in [0.3, 0.4) is 0 Å². The lowest BCUT2D eigenvalue weighted by molar-refractivity contribution is -0.136. The van der Waals surface area contributed by atoms with Gasteiger partial charge >= 0.3 is 0 Å². The van der Waals surface area contributed by atoms with Crippen molar-refractivity contribution in [3.05, 3.63) is 60.0 Å². The molecular formula is C26H25Cl2IN2O5S. The molecule has 3 amide bonds. The molecule has 0 aromatic heterocycles. The maximum Gasteiger partial charge on any atom is 0.294 e. The highest BCUT2D eigenvalue weighted by molar-refractivity contribution is 14.1. The van der Waals surface area contributed by atoms with Crippen molar-refractivity contribution in [2.75, 3.05) is 26.2 Å². The first-order valence-corrected chi connectivity index (χ1v) is 14.5. The van der Waals surface area contributed by atoms with Gasteiger partial charge in [-0.25, -0.2) is 0 Å². The number of piperidine rings is 1. The average molecular weight is 675 g/mol. The summed E-state index contributed by atoms with van der Waals surface area (Å²) in [6.45, 7) is 3.60. The topological polar surface area (TPSA) is 76.2 Å². The van der Waals surface area contributed by atoms with Crippen molar-refractivity contribution in [3.8, 4) is 11.5 Å². The summed E-state index contributed by atoms with van der Waals surface area (Å²) >= 11 is 15.2. The predicted octanol–water partition coefficient (Wildman–Crippen LogP) is 6.62. The highest BCUT2D eigenvalue weighted by atomic mass is 127. The fourth-order valence-corrected chi connectivity index (χ4v) is 6.11. The lowest BCUT2D eigenvalue weighted by atomic mass is 10.1. The largest absolute Gasteiger partial charge is 0.490 e. The number of ether oxygens (including phenoxy) is 2. The Bertz CT molecular complexity index is 1250. The summed E-state index contributed by atoms with van der Waals surface area (Å²) in [5.74, 6) is 0.390. The molecule has 2 saturated heterocycles. The number of imide groups is 1. The maximum absolute atomic E-state index is 13.0. The van der Waals surface area contributed by atoms with Crippen molar-refractivity contribution in [1.82, 2.24) is 9.80 Å². The molecule has 0 bridgehead atoms. The van der Waals surface area contributed by atoms with Crippen molar-refractivity contribution < 1.29 is 23.9 Å². The molecule has 11 heteroatoms. The van der Waals surface area contributed by atoms with E-state index in [0.29, 0.717) is 46.8 Å². The number of likely N-dealkylation sites (tertiary alicyclic amines) is 1. The van der Waals surface area contributed by atoms with E-state index in [4.69, 9.17) is 32.7 Å². The molecule has 7 nitrogen and oxygen atoms in total. The van der Waals surface area contributed by atoms with Gasteiger partial charge in [0.1, 0.15) is 13.2 Å². The van der Waals surface area contributed by atoms with Crippen LogP contribution in [0.2, 0.25) is 10.0 Å². The van der Waals surface area contributed by atoms with Crippen LogP contribution in [0, 0.1) is 3.57 Å². The first kappa shape index (κ1) is 28.1. The summed E-state index contributed by atoms with van der Waals surface area (Å²) in [7, 11) is 0. The molecule has 2 aliphatic heterocycles. The van der Waals surface area contributed by atoms with E-state index in [0.717, 1.165) is 45.1 Å². The van der Waals surface area contributed by atoms with Gasteiger partial charge in [-0.05, 0) is 96.4 Å². The number of halogens is 3. The number of benzene rings is 2. The van der Waals surface area contributed by atoms with E-state index < -0.39 is 11.1 Å². The number of nitrogens with zero attached hydrogens (tertiary/aromatic N) is 2. The van der Waals surface area contributed by atoms with Crippen molar-refractivity contribution in [3.63, 3.8) is 0 Å². The van der Waals surface area contributed by atoms with Crippen LogP contribution >= 0.6 is 57.6 Å². The Morgan fingerprint density at radius 2 is 1.86 bits per heavy atom. The highest BCUT2D eigenvalue weighted by Gasteiger charge is 2.37. The number of carbonyl (C=O) groups excluding carboxylic acids is 3. The first-order chi connectivity index (χ1) is 17.8. The zero-order valence-corrected chi connectivity index (χ0v) is 24.6. The van der Waals surface area contributed by atoms with Crippen LogP contribution in [-0.2, 0) is 16.2 Å². The molecular weight excluding hydrogens is 650 g/mol. The third-order valence-electron chi connectivity index (χ3n) is 5.89. The van der Waals surface area contributed by atoms with E-state index >= 15 is 0 Å². The average Bonchev–Trinajstić information content (AvgIpc) is 3.12. The normalized spacial score (nSPS) is 17.0. The smallest absolute Gasteiger partial charge is 0.294 e. The van der Waals surface area contributed by atoms with Crippen molar-refractivity contribution in [1.29, 1.82) is 0 Å². The number of carbonyl (C=O) groups is 3. The Kier molecular flexibility index (Phi) is 9.66. The quantitative estimate of drug-likeness (QED) is 0.231. The summed E-state index contributed by atoms with van der Waals surface area (Å²) in [5.41, 5.74) is 1.46. The van der Waals surface area contributed by atoms with E-state index in [9.17, 15) is 14.4 Å². The van der Waals surface area contributed by atoms with Gasteiger partial charge in [-0.3, -0.25) is 19.3 Å². The fourth-order valence-electron chi connectivity index (χ4n) is 4.03. The summed E-state index contributed by atoms with van der Waals surface area (Å²) in [5, 5.41) is 0.607. The molecule has 196 valence electrons. The zero-order chi connectivity index (χ0) is 26.5. The molecule has 0 radical (unpaired) electrons. The van der Waals surface area contributed by atoms with Crippen LogP contribution in [-0.4, -0.2) is 53.1 Å². The van der Waals surface area contributed by atoms with Crippen LogP contribution in [0.5, 0.6) is 11.5 Å². The van der Waals surface area contributed by atoms with Crippen molar-refractivity contribution in [2.45, 2.75) is 32.8 Å². The molecule has 0 N–H and O–H groups in total. The van der Waals surface area contributed by atoms with Gasteiger partial charge in [0, 0.05) is 28.7 Å². The van der Waals surface area contributed by atoms with Crippen LogP contribution in [0.1, 0.15) is 37.3 Å². The van der Waals surface area contributed by atoms with Crippen molar-refractivity contribution >= 4 is 80.7 Å². The Hall–Kier alpha value is -1.95. The van der Waals surface area contributed by atoms with Crippen LogP contribution < -0.4 is 9.47 Å². The van der Waals surface area contributed by atoms with E-state index in [2.05, 4.69) is 22.6 Å². The molecule has 0 unspecified atom stereocenters. The van der Waals surface area contributed by atoms with Gasteiger partial charge in [-0.2, -0.15) is 0 Å². The SMILES string of the molecule is CCOc1cc(/C=C2/SC(=O)N(CC(=O)N3CCCCC3)C2=O)cc(I)c1OCc1ccc(Cl)cc1Cl. The Morgan fingerprint density at radius 3 is 2.57 bits per heavy atom. The number of hydrogen-bond acceptors (Lipinski definition) is 6. The van der Waals surface area contributed by atoms with Gasteiger partial charge in [0.05, 0.1) is 15.1 Å². The van der Waals surface area contributed by atoms with E-state index in [1.54, 1.807) is 35.2 Å². The third-order valence-corrected chi connectivity index (χ3v) is 8.19. The van der Waals surface area contributed by atoms with E-state index in [1.165, 1.54) is 0 Å². The van der Waals surface area contributed by atoms with E-state index in [-0.39, 0.29) is 24.0 Å². The Labute approximate surface area is 243 Å². The second-order valence-corrected chi connectivity index (χ2v) is 11.5. The molecule has 2 fully saturated rings. The van der Waals surface area contributed by atoms with Gasteiger partial charge in [-0.1, -0.05) is 29.3 Å². The molecule has 0 saturated carbocycles. The highest BCUT2D eigenvalue weighted by Crippen LogP contribution is 2.38. The standard InChI is InChI=1S/C26H25Cl2IN2O5S/c1-2-35-21-11-16(10-20(29)24(21)36-15-17-6-7-18(27)13-19(17)28)12-22-25(33)31(26(34)37-22)14-23(32)30-8-4-3-5-9-30/h6-7,10-13H,2-5,8-9,14-15H2,1H3/b22-12+. The molecule has 2 heterocycles. The molecule has 0 aliphatic carbocycles. The maximum atomic E-state index is 13.0. The molecule has 2 aromatic rings. The Balaban J connectivity index is 1.51. The van der Waals surface area contributed by atoms with Gasteiger partial charge in [-0.15, -0.1) is 0 Å². The summed E-state index contributed by atoms with van der Waals surface area (Å²) in [6, 6.07) is 8.81.